The molecule has 0 bridgehead atoms. The number of nitrogen functional groups attached to an aromatic ring is 1. The topological polar surface area (TPSA) is 96.0 Å². The second-order valence-electron chi connectivity index (χ2n) is 4.08. The average Bonchev–Trinajstić information content (AvgIpc) is 2.60. The number of benzene rings is 1. The lowest BCUT2D eigenvalue weighted by atomic mass is 10.1. The van der Waals surface area contributed by atoms with Crippen LogP contribution < -0.4 is 10.5 Å². The fraction of sp³-hybridized carbons (Fsp3) is 0.364. The van der Waals surface area contributed by atoms with Crippen molar-refractivity contribution >= 4 is 15.7 Å². The Morgan fingerprint density at radius 2 is 2.29 bits per heavy atom. The molecule has 6 heteroatoms. The number of rotatable bonds is 3. The van der Waals surface area contributed by atoms with Crippen molar-refractivity contribution in [2.24, 2.45) is 0 Å². The van der Waals surface area contributed by atoms with E-state index in [0.717, 1.165) is 17.5 Å². The zero-order chi connectivity index (χ0) is 12.5. The first-order valence-electron chi connectivity index (χ1n) is 5.27. The third-order valence-electron chi connectivity index (χ3n) is 2.82. The Morgan fingerprint density at radius 3 is 3.00 bits per heavy atom. The van der Waals surface area contributed by atoms with Crippen molar-refractivity contribution in [2.75, 3.05) is 11.5 Å². The van der Waals surface area contributed by atoms with E-state index in [-0.39, 0.29) is 6.04 Å². The molecule has 1 aromatic rings. The van der Waals surface area contributed by atoms with E-state index in [1.54, 1.807) is 12.1 Å². The van der Waals surface area contributed by atoms with E-state index in [4.69, 9.17) is 11.0 Å². The highest BCUT2D eigenvalue weighted by molar-refractivity contribution is 7.89. The van der Waals surface area contributed by atoms with Gasteiger partial charge in [-0.1, -0.05) is 6.07 Å². The van der Waals surface area contributed by atoms with Crippen molar-refractivity contribution in [1.29, 1.82) is 5.26 Å². The molecule has 0 spiro atoms. The summed E-state index contributed by atoms with van der Waals surface area (Å²) in [5.74, 6) is -0.506. The molecule has 0 radical (unpaired) electrons. The molecule has 0 heterocycles. The van der Waals surface area contributed by atoms with Crippen molar-refractivity contribution in [3.8, 4) is 6.07 Å². The summed E-state index contributed by atoms with van der Waals surface area (Å²) in [6.45, 7) is 0. The molecule has 3 N–H and O–H groups in total. The minimum Gasteiger partial charge on any atom is -0.399 e. The summed E-state index contributed by atoms with van der Waals surface area (Å²) in [6, 6.07) is 6.89. The average molecular weight is 251 g/mol. The van der Waals surface area contributed by atoms with Crippen LogP contribution in [0.1, 0.15) is 23.6 Å². The number of fused-ring (bicyclic) bond motifs is 1. The molecule has 1 atom stereocenters. The van der Waals surface area contributed by atoms with E-state index >= 15 is 0 Å². The van der Waals surface area contributed by atoms with Crippen LogP contribution in [0.15, 0.2) is 18.2 Å². The minimum absolute atomic E-state index is 0.232. The highest BCUT2D eigenvalue weighted by Gasteiger charge is 2.26. The van der Waals surface area contributed by atoms with Crippen LogP contribution in [0.25, 0.3) is 0 Å². The standard InChI is InChI=1S/C11H13N3O2S/c12-5-6-17(15,16)14-11-4-1-8-7-9(13)2-3-10(8)11/h2-3,7,11,14H,1,4,6,13H2. The second-order valence-corrected chi connectivity index (χ2v) is 5.84. The molecule has 1 unspecified atom stereocenters. The maximum atomic E-state index is 11.5. The number of sulfonamides is 1. The summed E-state index contributed by atoms with van der Waals surface area (Å²) in [4.78, 5) is 0. The number of nitrogens with one attached hydrogen (secondary N) is 1. The fourth-order valence-electron chi connectivity index (χ4n) is 2.10. The molecule has 1 aromatic carbocycles. The molecule has 1 aliphatic rings. The SMILES string of the molecule is N#CCS(=O)(=O)NC1CCc2cc(N)ccc21. The maximum Gasteiger partial charge on any atom is 0.225 e. The van der Waals surface area contributed by atoms with Gasteiger partial charge in [0.15, 0.2) is 5.75 Å². The number of aryl methyl sites for hydroxylation is 1. The first-order chi connectivity index (χ1) is 8.02. The molecule has 17 heavy (non-hydrogen) atoms. The predicted molar refractivity (Wildman–Crippen MR) is 64.5 cm³/mol. The highest BCUT2D eigenvalue weighted by atomic mass is 32.2. The van der Waals surface area contributed by atoms with Gasteiger partial charge in [-0.2, -0.15) is 5.26 Å². The summed E-state index contributed by atoms with van der Waals surface area (Å²) >= 11 is 0. The van der Waals surface area contributed by atoms with Gasteiger partial charge >= 0.3 is 0 Å². The van der Waals surface area contributed by atoms with Gasteiger partial charge in [0, 0.05) is 11.7 Å². The molecule has 0 aromatic heterocycles. The van der Waals surface area contributed by atoms with Crippen molar-refractivity contribution < 1.29 is 8.42 Å². The lowest BCUT2D eigenvalue weighted by Gasteiger charge is -2.12. The quantitative estimate of drug-likeness (QED) is 0.773. The minimum atomic E-state index is -3.51. The molecular weight excluding hydrogens is 238 g/mol. The van der Waals surface area contributed by atoms with E-state index in [2.05, 4.69) is 4.72 Å². The van der Waals surface area contributed by atoms with Crippen LogP contribution in [-0.4, -0.2) is 14.2 Å². The van der Waals surface area contributed by atoms with Gasteiger partial charge in [-0.15, -0.1) is 0 Å². The van der Waals surface area contributed by atoms with E-state index < -0.39 is 15.8 Å². The van der Waals surface area contributed by atoms with Gasteiger partial charge in [0.25, 0.3) is 0 Å². The monoisotopic (exact) mass is 251 g/mol. The molecule has 2 rings (SSSR count). The highest BCUT2D eigenvalue weighted by Crippen LogP contribution is 2.32. The van der Waals surface area contributed by atoms with Gasteiger partial charge in [0.2, 0.25) is 10.0 Å². The van der Waals surface area contributed by atoms with Gasteiger partial charge in [-0.05, 0) is 36.1 Å². The summed E-state index contributed by atoms with van der Waals surface area (Å²) < 4.78 is 25.6. The number of nitrogens with zero attached hydrogens (tertiary/aromatic N) is 1. The van der Waals surface area contributed by atoms with Gasteiger partial charge in [0.05, 0.1) is 6.07 Å². The maximum absolute atomic E-state index is 11.5. The smallest absolute Gasteiger partial charge is 0.225 e. The number of hydrogen-bond donors (Lipinski definition) is 2. The number of nitrogens with two attached hydrogens (primary N) is 1. The van der Waals surface area contributed by atoms with Gasteiger partial charge in [-0.25, -0.2) is 13.1 Å². The van der Waals surface area contributed by atoms with Crippen LogP contribution in [0.3, 0.4) is 0 Å². The molecule has 0 saturated heterocycles. The van der Waals surface area contributed by atoms with Gasteiger partial charge < -0.3 is 5.73 Å². The summed E-state index contributed by atoms with van der Waals surface area (Å²) in [5, 5.41) is 8.42. The third-order valence-corrected chi connectivity index (χ3v) is 3.97. The molecule has 5 nitrogen and oxygen atoms in total. The Kier molecular flexibility index (Phi) is 3.05. The van der Waals surface area contributed by atoms with E-state index in [1.807, 2.05) is 12.1 Å². The second kappa shape index (κ2) is 4.35. The first-order valence-corrected chi connectivity index (χ1v) is 6.92. The number of hydrogen-bond acceptors (Lipinski definition) is 4. The molecule has 1 aliphatic carbocycles. The zero-order valence-electron chi connectivity index (χ0n) is 9.18. The molecule has 0 fully saturated rings. The van der Waals surface area contributed by atoms with Crippen molar-refractivity contribution in [3.05, 3.63) is 29.3 Å². The molecule has 0 aliphatic heterocycles. The zero-order valence-corrected chi connectivity index (χ0v) is 10.00. The van der Waals surface area contributed by atoms with Crippen LogP contribution in [0.5, 0.6) is 0 Å². The van der Waals surface area contributed by atoms with E-state index in [1.165, 1.54) is 0 Å². The largest absolute Gasteiger partial charge is 0.399 e. The van der Waals surface area contributed by atoms with Crippen LogP contribution in [-0.2, 0) is 16.4 Å². The number of nitriles is 1. The normalized spacial score (nSPS) is 18.6. The van der Waals surface area contributed by atoms with E-state index in [0.29, 0.717) is 12.1 Å². The van der Waals surface area contributed by atoms with Gasteiger partial charge in [-0.3, -0.25) is 0 Å². The Morgan fingerprint density at radius 1 is 1.53 bits per heavy atom. The third kappa shape index (κ3) is 2.57. The molecule has 0 saturated carbocycles. The summed E-state index contributed by atoms with van der Waals surface area (Å²) in [6.07, 6.45) is 1.52. The van der Waals surface area contributed by atoms with Crippen LogP contribution in [0.2, 0.25) is 0 Å². The predicted octanol–water partition coefficient (Wildman–Crippen LogP) is 0.699. The van der Waals surface area contributed by atoms with Crippen molar-refractivity contribution in [3.63, 3.8) is 0 Å². The van der Waals surface area contributed by atoms with Crippen molar-refractivity contribution in [2.45, 2.75) is 18.9 Å². The van der Waals surface area contributed by atoms with Crippen LogP contribution in [0.4, 0.5) is 5.69 Å². The fourth-order valence-corrected chi connectivity index (χ4v) is 3.03. The summed E-state index contributed by atoms with van der Waals surface area (Å²) in [7, 11) is -3.51. The molecular formula is C11H13N3O2S. The Balaban J connectivity index is 2.21. The first kappa shape index (κ1) is 11.9. The Bertz CT molecular complexity index is 575. The Labute approximate surface area is 100 Å². The van der Waals surface area contributed by atoms with E-state index in [9.17, 15) is 8.42 Å². The van der Waals surface area contributed by atoms with Crippen LogP contribution >= 0.6 is 0 Å². The lowest BCUT2D eigenvalue weighted by Crippen LogP contribution is -2.29. The Hall–Kier alpha value is -1.58. The summed E-state index contributed by atoms with van der Waals surface area (Å²) in [5.41, 5.74) is 8.39. The molecule has 90 valence electrons. The number of anilines is 1. The molecule has 0 amide bonds. The van der Waals surface area contributed by atoms with Crippen LogP contribution in [0, 0.1) is 11.3 Å². The lowest BCUT2D eigenvalue weighted by molar-refractivity contribution is 0.557. The van der Waals surface area contributed by atoms with Crippen molar-refractivity contribution in [1.82, 2.24) is 4.72 Å². The van der Waals surface area contributed by atoms with Gasteiger partial charge in [0.1, 0.15) is 0 Å².